The van der Waals surface area contributed by atoms with Crippen molar-refractivity contribution in [2.75, 3.05) is 44.3 Å². The standard InChI is InChI=1S/C26H25ClN2O7/c1-16-7-8-18(27)22-21(16)17(14-34-22)4-3-9-28-10-11-29(26(15-28)35-24(30)25(31)36-26)19-5-2-6-20-23(19)33-13-12-32-20/h2,5-8,14H,3-4,9-13,15H2,1H3. The van der Waals surface area contributed by atoms with Crippen LogP contribution < -0.4 is 14.4 Å². The minimum atomic E-state index is -1.56. The van der Waals surface area contributed by atoms with Gasteiger partial charge in [0.25, 0.3) is 0 Å². The molecule has 0 atom stereocenters. The number of esters is 2. The van der Waals surface area contributed by atoms with E-state index in [4.69, 9.17) is 35.0 Å². The maximum absolute atomic E-state index is 12.2. The van der Waals surface area contributed by atoms with Gasteiger partial charge < -0.3 is 23.4 Å². The molecule has 4 heterocycles. The van der Waals surface area contributed by atoms with Gasteiger partial charge >= 0.3 is 17.8 Å². The number of benzene rings is 2. The van der Waals surface area contributed by atoms with Gasteiger partial charge in [-0.1, -0.05) is 23.7 Å². The van der Waals surface area contributed by atoms with Crippen molar-refractivity contribution in [2.45, 2.75) is 25.7 Å². The van der Waals surface area contributed by atoms with Crippen LogP contribution in [0, 0.1) is 6.92 Å². The number of nitrogens with zero attached hydrogens (tertiary/aromatic N) is 2. The van der Waals surface area contributed by atoms with Crippen molar-refractivity contribution < 1.29 is 33.0 Å². The summed E-state index contributed by atoms with van der Waals surface area (Å²) >= 11 is 6.29. The van der Waals surface area contributed by atoms with Crippen LogP contribution >= 0.6 is 11.6 Å². The van der Waals surface area contributed by atoms with Crippen LogP contribution in [-0.2, 0) is 25.5 Å². The highest BCUT2D eigenvalue weighted by Crippen LogP contribution is 2.44. The SMILES string of the molecule is Cc1ccc(Cl)c2occ(CCCN3CCN(c4cccc5c4OCCO5)C4(C3)OC(=O)C(=O)O4)c12. The molecule has 9 nitrogen and oxygen atoms in total. The molecule has 3 aliphatic heterocycles. The lowest BCUT2D eigenvalue weighted by atomic mass is 10.0. The van der Waals surface area contributed by atoms with E-state index in [1.807, 2.05) is 37.3 Å². The van der Waals surface area contributed by atoms with Gasteiger partial charge in [0.05, 0.1) is 23.5 Å². The fourth-order valence-corrected chi connectivity index (χ4v) is 5.43. The molecule has 188 valence electrons. The van der Waals surface area contributed by atoms with E-state index in [1.165, 1.54) is 0 Å². The second kappa shape index (κ2) is 8.90. The van der Waals surface area contributed by atoms with Gasteiger partial charge in [0.2, 0.25) is 0 Å². The summed E-state index contributed by atoms with van der Waals surface area (Å²) in [6.07, 6.45) is 3.39. The van der Waals surface area contributed by atoms with Crippen molar-refractivity contribution in [2.24, 2.45) is 0 Å². The van der Waals surface area contributed by atoms with Crippen LogP contribution in [0.3, 0.4) is 0 Å². The van der Waals surface area contributed by atoms with Gasteiger partial charge in [0.1, 0.15) is 13.2 Å². The Bertz CT molecular complexity index is 1340. The number of fused-ring (bicyclic) bond motifs is 2. The number of carbonyl (C=O) groups is 2. The third kappa shape index (κ3) is 3.83. The van der Waals surface area contributed by atoms with Gasteiger partial charge in [-0.2, -0.15) is 0 Å². The van der Waals surface area contributed by atoms with Crippen molar-refractivity contribution in [3.63, 3.8) is 0 Å². The Morgan fingerprint density at radius 3 is 2.67 bits per heavy atom. The van der Waals surface area contributed by atoms with Gasteiger partial charge in [-0.05, 0) is 55.6 Å². The van der Waals surface area contributed by atoms with Crippen molar-refractivity contribution in [3.8, 4) is 11.5 Å². The van der Waals surface area contributed by atoms with Crippen LogP contribution in [0.5, 0.6) is 11.5 Å². The van der Waals surface area contributed by atoms with Crippen molar-refractivity contribution in [1.82, 2.24) is 4.90 Å². The lowest BCUT2D eigenvalue weighted by Crippen LogP contribution is -2.64. The van der Waals surface area contributed by atoms with E-state index < -0.39 is 17.8 Å². The molecule has 0 aliphatic carbocycles. The van der Waals surface area contributed by atoms with Crippen molar-refractivity contribution >= 4 is 40.2 Å². The van der Waals surface area contributed by atoms with E-state index in [-0.39, 0.29) is 6.54 Å². The maximum Gasteiger partial charge on any atom is 0.422 e. The molecule has 1 aromatic heterocycles. The Labute approximate surface area is 212 Å². The van der Waals surface area contributed by atoms with E-state index in [2.05, 4.69) is 4.90 Å². The summed E-state index contributed by atoms with van der Waals surface area (Å²) in [7, 11) is 0. The normalized spacial score (nSPS) is 19.1. The molecule has 0 saturated carbocycles. The number of carbonyl (C=O) groups excluding carboxylic acids is 2. The number of furan rings is 1. The average Bonchev–Trinajstić information content (AvgIpc) is 3.43. The number of para-hydroxylation sites is 1. The zero-order valence-corrected chi connectivity index (χ0v) is 20.5. The highest BCUT2D eigenvalue weighted by Gasteiger charge is 2.56. The van der Waals surface area contributed by atoms with E-state index >= 15 is 0 Å². The second-order valence-electron chi connectivity index (χ2n) is 9.15. The fourth-order valence-electron chi connectivity index (χ4n) is 5.23. The number of halogens is 1. The summed E-state index contributed by atoms with van der Waals surface area (Å²) < 4.78 is 28.5. The molecule has 0 N–H and O–H groups in total. The van der Waals surface area contributed by atoms with E-state index in [0.29, 0.717) is 60.6 Å². The Morgan fingerprint density at radius 1 is 1.03 bits per heavy atom. The highest BCUT2D eigenvalue weighted by molar-refractivity contribution is 6.35. The number of piperazine rings is 1. The zero-order valence-electron chi connectivity index (χ0n) is 19.8. The van der Waals surface area contributed by atoms with Crippen LogP contribution in [0.25, 0.3) is 11.0 Å². The number of aryl methyl sites for hydroxylation is 2. The topological polar surface area (TPSA) is 90.7 Å². The summed E-state index contributed by atoms with van der Waals surface area (Å²) in [5.74, 6) is -2.40. The maximum atomic E-state index is 12.2. The Kier molecular flexibility index (Phi) is 5.69. The first kappa shape index (κ1) is 23.0. The number of hydrogen-bond donors (Lipinski definition) is 0. The Morgan fingerprint density at radius 2 is 1.83 bits per heavy atom. The fraction of sp³-hybridized carbons (Fsp3) is 0.385. The molecule has 6 rings (SSSR count). The average molecular weight is 513 g/mol. The largest absolute Gasteiger partial charge is 0.486 e. The molecular weight excluding hydrogens is 488 g/mol. The summed E-state index contributed by atoms with van der Waals surface area (Å²) in [4.78, 5) is 28.2. The molecule has 3 aliphatic rings. The molecule has 10 heteroatoms. The van der Waals surface area contributed by atoms with Crippen LogP contribution in [0.15, 0.2) is 41.0 Å². The smallest absolute Gasteiger partial charge is 0.422 e. The molecule has 36 heavy (non-hydrogen) atoms. The van der Waals surface area contributed by atoms with Gasteiger partial charge in [0.15, 0.2) is 17.1 Å². The van der Waals surface area contributed by atoms with Gasteiger partial charge in [-0.15, -0.1) is 0 Å². The van der Waals surface area contributed by atoms with Crippen LogP contribution in [0.4, 0.5) is 5.69 Å². The van der Waals surface area contributed by atoms with Crippen molar-refractivity contribution in [3.05, 3.63) is 52.7 Å². The molecule has 0 unspecified atom stereocenters. The van der Waals surface area contributed by atoms with Crippen LogP contribution in [-0.4, -0.2) is 62.1 Å². The third-order valence-corrected chi connectivity index (χ3v) is 7.16. The third-order valence-electron chi connectivity index (χ3n) is 6.86. The quantitative estimate of drug-likeness (QED) is 0.375. The molecule has 3 aromatic rings. The number of anilines is 1. The summed E-state index contributed by atoms with van der Waals surface area (Å²) in [6.45, 7) is 4.97. The summed E-state index contributed by atoms with van der Waals surface area (Å²) in [5, 5.41) is 1.65. The molecule has 0 radical (unpaired) electrons. The molecular formula is C26H25ClN2O7. The lowest BCUT2D eigenvalue weighted by Gasteiger charge is -2.46. The number of rotatable bonds is 5. The van der Waals surface area contributed by atoms with Gasteiger partial charge in [-0.25, -0.2) is 9.59 Å². The van der Waals surface area contributed by atoms with Crippen molar-refractivity contribution in [1.29, 1.82) is 0 Å². The predicted molar refractivity (Wildman–Crippen MR) is 130 cm³/mol. The first-order valence-corrected chi connectivity index (χ1v) is 12.3. The zero-order chi connectivity index (χ0) is 24.9. The van der Waals surface area contributed by atoms with Crippen LogP contribution in [0.2, 0.25) is 5.02 Å². The number of hydrogen-bond acceptors (Lipinski definition) is 9. The predicted octanol–water partition coefficient (Wildman–Crippen LogP) is 3.67. The monoisotopic (exact) mass is 512 g/mol. The molecule has 0 bridgehead atoms. The minimum absolute atomic E-state index is 0.214. The van der Waals surface area contributed by atoms with Gasteiger partial charge in [0, 0.05) is 18.5 Å². The van der Waals surface area contributed by atoms with E-state index in [0.717, 1.165) is 29.4 Å². The first-order chi connectivity index (χ1) is 17.4. The molecule has 2 fully saturated rings. The molecule has 1 spiro atoms. The Balaban J connectivity index is 1.21. The van der Waals surface area contributed by atoms with Crippen LogP contribution in [0.1, 0.15) is 17.5 Å². The molecule has 0 amide bonds. The first-order valence-electron chi connectivity index (χ1n) is 12.0. The Hall–Kier alpha value is -3.43. The highest BCUT2D eigenvalue weighted by atomic mass is 35.5. The lowest BCUT2D eigenvalue weighted by molar-refractivity contribution is -0.192. The molecule has 2 aromatic carbocycles. The van der Waals surface area contributed by atoms with Gasteiger partial charge in [-0.3, -0.25) is 9.80 Å². The number of ether oxygens (including phenoxy) is 4. The second-order valence-corrected chi connectivity index (χ2v) is 9.56. The van der Waals surface area contributed by atoms with E-state index in [1.54, 1.807) is 11.2 Å². The van der Waals surface area contributed by atoms with E-state index in [9.17, 15) is 9.59 Å². The summed E-state index contributed by atoms with van der Waals surface area (Å²) in [6, 6.07) is 9.35. The minimum Gasteiger partial charge on any atom is -0.486 e. The summed E-state index contributed by atoms with van der Waals surface area (Å²) in [5.41, 5.74) is 3.59. The molecule has 2 saturated heterocycles.